The topological polar surface area (TPSA) is 61.1 Å². The molecular weight excluding hydrogens is 440 g/mol. The molecule has 0 aliphatic heterocycles. The number of hydrogen-bond donors (Lipinski definition) is 2. The van der Waals surface area contributed by atoms with E-state index in [2.05, 4.69) is 18.2 Å². The molecular formula is C14H14F3IN4S. The third kappa shape index (κ3) is 7.98. The van der Waals surface area contributed by atoms with Gasteiger partial charge in [-0.3, -0.25) is 10.4 Å². The van der Waals surface area contributed by atoms with Crippen LogP contribution in [0.1, 0.15) is 11.8 Å². The lowest BCUT2D eigenvalue weighted by Crippen LogP contribution is -2.18. The molecule has 0 unspecified atom stereocenters. The summed E-state index contributed by atoms with van der Waals surface area (Å²) in [6.07, 6.45) is 4.17. The van der Waals surface area contributed by atoms with Crippen LogP contribution in [0.3, 0.4) is 0 Å². The van der Waals surface area contributed by atoms with Crippen molar-refractivity contribution in [2.45, 2.75) is 13.1 Å². The van der Waals surface area contributed by atoms with Crippen molar-refractivity contribution in [3.63, 3.8) is 0 Å². The first kappa shape index (κ1) is 19.4. The highest BCUT2D eigenvalue weighted by molar-refractivity contribution is 14.1. The second kappa shape index (κ2) is 9.50. The Morgan fingerprint density at radius 3 is 2.83 bits per heavy atom. The molecule has 0 amide bonds. The predicted octanol–water partition coefficient (Wildman–Crippen LogP) is 5.37. The van der Waals surface area contributed by atoms with Crippen LogP contribution < -0.4 is 3.53 Å². The Hall–Kier alpha value is -1.62. The van der Waals surface area contributed by atoms with Gasteiger partial charge in [0.05, 0.1) is 10.4 Å². The molecule has 0 aliphatic carbocycles. The van der Waals surface area contributed by atoms with Crippen molar-refractivity contribution in [1.82, 2.24) is 8.51 Å². The van der Waals surface area contributed by atoms with Gasteiger partial charge in [-0.15, -0.1) is 11.3 Å². The molecule has 0 saturated heterocycles. The molecule has 124 valence electrons. The van der Waals surface area contributed by atoms with Crippen LogP contribution in [-0.2, 0) is 0 Å². The standard InChI is InChI=1S/C14H14F3IN4S/c1-10(7-11(2)12-8-20-9-23-12)3-5-21-18-22-6-4-13(19)14(15,16)17/h3-9,19H,2H2,1H3,(H,21,22)/b5-3+,6-4-,10-7-,19-13?. The Kier molecular flexibility index (Phi) is 8.03. The number of halogens is 4. The number of nitrogens with zero attached hydrogens (tertiary/aromatic N) is 2. The van der Waals surface area contributed by atoms with Gasteiger partial charge >= 0.3 is 6.18 Å². The number of hydrogen-bond acceptors (Lipinski definition) is 4. The van der Waals surface area contributed by atoms with Crippen LogP contribution in [0, 0.1) is 5.41 Å². The fraction of sp³-hybridized carbons (Fsp3) is 0.143. The molecule has 1 aromatic rings. The van der Waals surface area contributed by atoms with E-state index in [1.54, 1.807) is 17.9 Å². The van der Waals surface area contributed by atoms with Crippen LogP contribution >= 0.6 is 32.6 Å². The van der Waals surface area contributed by atoms with Gasteiger partial charge in [-0.1, -0.05) is 12.7 Å². The number of aromatic nitrogens is 1. The molecule has 0 aromatic carbocycles. The van der Waals surface area contributed by atoms with Gasteiger partial charge in [0.2, 0.25) is 0 Å². The lowest BCUT2D eigenvalue weighted by Gasteiger charge is -2.01. The minimum absolute atomic E-state index is 0.634. The van der Waals surface area contributed by atoms with Crippen molar-refractivity contribution in [3.8, 4) is 0 Å². The highest BCUT2D eigenvalue weighted by atomic mass is 127. The minimum atomic E-state index is -4.62. The zero-order valence-corrected chi connectivity index (χ0v) is 15.0. The second-order valence-corrected chi connectivity index (χ2v) is 6.68. The number of rotatable bonds is 7. The molecule has 1 aromatic heterocycles. The molecule has 0 aliphatic rings. The highest BCUT2D eigenvalue weighted by Gasteiger charge is 2.32. The van der Waals surface area contributed by atoms with E-state index in [1.165, 1.54) is 11.3 Å². The Morgan fingerprint density at radius 1 is 1.48 bits per heavy atom. The summed E-state index contributed by atoms with van der Waals surface area (Å²) in [5.41, 5.74) is 2.15. The fourth-order valence-electron chi connectivity index (χ4n) is 1.21. The van der Waals surface area contributed by atoms with Gasteiger partial charge in [-0.05, 0) is 30.2 Å². The summed E-state index contributed by atoms with van der Waals surface area (Å²) < 4.78 is 42.8. The molecule has 1 rings (SSSR count). The second-order valence-electron chi connectivity index (χ2n) is 4.13. The third-order valence-electron chi connectivity index (χ3n) is 2.26. The molecule has 0 spiro atoms. The first-order valence-electron chi connectivity index (χ1n) is 6.14. The molecule has 0 radical (unpaired) electrons. The fourth-order valence-corrected chi connectivity index (χ4v) is 2.60. The summed E-state index contributed by atoms with van der Waals surface area (Å²) in [5, 5.41) is 6.72. The zero-order valence-electron chi connectivity index (χ0n) is 12.1. The van der Waals surface area contributed by atoms with E-state index < -0.39 is 33.2 Å². The van der Waals surface area contributed by atoms with Crippen molar-refractivity contribution in [2.24, 2.45) is 3.15 Å². The summed E-state index contributed by atoms with van der Waals surface area (Å²) in [7, 11) is 0. The van der Waals surface area contributed by atoms with Gasteiger partial charge in [0.1, 0.15) is 27.0 Å². The van der Waals surface area contributed by atoms with E-state index in [0.717, 1.165) is 22.2 Å². The molecule has 0 bridgehead atoms. The van der Waals surface area contributed by atoms with E-state index in [4.69, 9.17) is 5.41 Å². The van der Waals surface area contributed by atoms with Gasteiger partial charge in [-0.25, -0.2) is 3.15 Å². The van der Waals surface area contributed by atoms with Crippen molar-refractivity contribution < 1.29 is 13.2 Å². The quantitative estimate of drug-likeness (QED) is 0.252. The van der Waals surface area contributed by atoms with Crippen molar-refractivity contribution in [1.29, 1.82) is 5.41 Å². The molecule has 0 fully saturated rings. The summed E-state index contributed by atoms with van der Waals surface area (Å²) in [6, 6.07) is 0. The van der Waals surface area contributed by atoms with E-state index >= 15 is 0 Å². The van der Waals surface area contributed by atoms with Crippen LogP contribution in [0.2, 0.25) is 0 Å². The van der Waals surface area contributed by atoms with Crippen LogP contribution in [0.15, 0.2) is 57.6 Å². The van der Waals surface area contributed by atoms with Crippen LogP contribution in [-0.4, -0.2) is 16.9 Å². The summed E-state index contributed by atoms with van der Waals surface area (Å²) in [5.74, 6) is 0. The SMILES string of the molecule is C=C(/C=C(C)\C=C\NI=N/C=C\C(=N)C(F)(F)F)c1cncs1. The first-order chi connectivity index (χ1) is 10.8. The van der Waals surface area contributed by atoms with E-state index in [-0.39, 0.29) is 0 Å². The number of alkyl halides is 3. The third-order valence-corrected chi connectivity index (χ3v) is 4.35. The predicted molar refractivity (Wildman–Crippen MR) is 96.6 cm³/mol. The Balaban J connectivity index is 2.41. The van der Waals surface area contributed by atoms with Gasteiger partial charge in [0.25, 0.3) is 0 Å². The lowest BCUT2D eigenvalue weighted by atomic mass is 10.2. The average Bonchev–Trinajstić information content (AvgIpc) is 2.99. The van der Waals surface area contributed by atoms with Gasteiger partial charge in [-0.2, -0.15) is 13.2 Å². The Bertz CT molecular complexity index is 658. The maximum absolute atomic E-state index is 12.0. The molecule has 2 N–H and O–H groups in total. The largest absolute Gasteiger partial charge is 0.432 e. The summed E-state index contributed by atoms with van der Waals surface area (Å²) in [6.45, 7) is 5.86. The Morgan fingerprint density at radius 2 is 2.22 bits per heavy atom. The molecule has 0 saturated carbocycles. The molecule has 0 atom stereocenters. The van der Waals surface area contributed by atoms with Crippen molar-refractivity contribution >= 4 is 43.9 Å². The zero-order chi connectivity index (χ0) is 17.3. The van der Waals surface area contributed by atoms with Crippen molar-refractivity contribution in [2.75, 3.05) is 0 Å². The molecule has 1 heterocycles. The van der Waals surface area contributed by atoms with E-state index in [9.17, 15) is 13.2 Å². The van der Waals surface area contributed by atoms with Crippen LogP contribution in [0.5, 0.6) is 0 Å². The average molecular weight is 454 g/mol. The smallest absolute Gasteiger partial charge is 0.326 e. The van der Waals surface area contributed by atoms with Crippen LogP contribution in [0.25, 0.3) is 5.57 Å². The maximum Gasteiger partial charge on any atom is 0.432 e. The highest BCUT2D eigenvalue weighted by Crippen LogP contribution is 2.19. The van der Waals surface area contributed by atoms with E-state index in [1.807, 2.05) is 19.1 Å². The van der Waals surface area contributed by atoms with E-state index in [0.29, 0.717) is 6.08 Å². The lowest BCUT2D eigenvalue weighted by molar-refractivity contribution is -0.0584. The molecule has 4 nitrogen and oxygen atoms in total. The molecule has 23 heavy (non-hydrogen) atoms. The first-order valence-corrected chi connectivity index (χ1v) is 9.06. The number of thiazole rings is 1. The van der Waals surface area contributed by atoms with Gasteiger partial charge in [0.15, 0.2) is 0 Å². The van der Waals surface area contributed by atoms with Gasteiger partial charge in [0, 0.05) is 18.6 Å². The minimum Gasteiger partial charge on any atom is -0.326 e. The van der Waals surface area contributed by atoms with Crippen molar-refractivity contribution in [3.05, 3.63) is 59.4 Å². The van der Waals surface area contributed by atoms with Gasteiger partial charge < -0.3 is 3.53 Å². The Labute approximate surface area is 146 Å². The summed E-state index contributed by atoms with van der Waals surface area (Å²) in [4.78, 5) is 4.97. The number of nitrogens with one attached hydrogen (secondary N) is 2. The maximum atomic E-state index is 12.0. The monoisotopic (exact) mass is 454 g/mol. The summed E-state index contributed by atoms with van der Waals surface area (Å²) >= 11 is 0.651. The molecule has 9 heteroatoms. The van der Waals surface area contributed by atoms with Crippen LogP contribution in [0.4, 0.5) is 13.2 Å². The normalized spacial score (nSPS) is 13.7. The number of allylic oxidation sites excluding steroid dienone is 5.